The highest BCUT2D eigenvalue weighted by molar-refractivity contribution is 5.07. The SMILES string of the molecule is CN1CC(N)N(C)CC(C)(Cc2ccccn2)C1. The van der Waals surface area contributed by atoms with Crippen LogP contribution < -0.4 is 5.73 Å². The molecule has 100 valence electrons. The highest BCUT2D eigenvalue weighted by atomic mass is 15.3. The molecule has 2 unspecified atom stereocenters. The molecule has 0 amide bonds. The van der Waals surface area contributed by atoms with Gasteiger partial charge in [-0.15, -0.1) is 0 Å². The van der Waals surface area contributed by atoms with Crippen molar-refractivity contribution in [2.75, 3.05) is 33.7 Å². The van der Waals surface area contributed by atoms with Crippen LogP contribution in [0.5, 0.6) is 0 Å². The maximum atomic E-state index is 6.15. The van der Waals surface area contributed by atoms with E-state index in [1.165, 1.54) is 0 Å². The summed E-state index contributed by atoms with van der Waals surface area (Å²) in [5, 5.41) is 0. The molecular weight excluding hydrogens is 224 g/mol. The van der Waals surface area contributed by atoms with E-state index in [1.807, 2.05) is 12.3 Å². The lowest BCUT2D eigenvalue weighted by Gasteiger charge is -2.33. The summed E-state index contributed by atoms with van der Waals surface area (Å²) in [6, 6.07) is 6.13. The van der Waals surface area contributed by atoms with Gasteiger partial charge < -0.3 is 10.6 Å². The van der Waals surface area contributed by atoms with E-state index in [4.69, 9.17) is 5.73 Å². The highest BCUT2D eigenvalue weighted by Gasteiger charge is 2.33. The zero-order valence-electron chi connectivity index (χ0n) is 11.6. The maximum absolute atomic E-state index is 6.15. The molecule has 0 radical (unpaired) electrons. The third-order valence-corrected chi connectivity index (χ3v) is 3.68. The molecule has 2 heterocycles. The Bertz CT molecular complexity index is 381. The van der Waals surface area contributed by atoms with Gasteiger partial charge in [-0.3, -0.25) is 9.88 Å². The van der Waals surface area contributed by atoms with Crippen LogP contribution in [0.15, 0.2) is 24.4 Å². The van der Waals surface area contributed by atoms with Gasteiger partial charge in [-0.1, -0.05) is 13.0 Å². The summed E-state index contributed by atoms with van der Waals surface area (Å²) in [5.74, 6) is 0. The molecule has 0 aromatic carbocycles. The van der Waals surface area contributed by atoms with Crippen molar-refractivity contribution in [2.24, 2.45) is 11.1 Å². The molecule has 2 N–H and O–H groups in total. The van der Waals surface area contributed by atoms with E-state index in [1.54, 1.807) is 0 Å². The minimum Gasteiger partial charge on any atom is -0.315 e. The van der Waals surface area contributed by atoms with E-state index in [0.717, 1.165) is 31.7 Å². The van der Waals surface area contributed by atoms with Gasteiger partial charge in [0.15, 0.2) is 0 Å². The van der Waals surface area contributed by atoms with Crippen molar-refractivity contribution in [1.82, 2.24) is 14.8 Å². The van der Waals surface area contributed by atoms with E-state index in [9.17, 15) is 0 Å². The second-order valence-electron chi connectivity index (χ2n) is 5.99. The number of nitrogens with two attached hydrogens (primary N) is 1. The molecule has 1 aromatic rings. The molecular formula is C14H24N4. The molecule has 4 heteroatoms. The molecule has 0 bridgehead atoms. The number of nitrogens with zero attached hydrogens (tertiary/aromatic N) is 3. The summed E-state index contributed by atoms with van der Waals surface area (Å²) < 4.78 is 0. The summed E-state index contributed by atoms with van der Waals surface area (Å²) in [7, 11) is 4.26. The summed E-state index contributed by atoms with van der Waals surface area (Å²) in [6.45, 7) is 5.32. The van der Waals surface area contributed by atoms with Gasteiger partial charge >= 0.3 is 0 Å². The lowest BCUT2D eigenvalue weighted by atomic mass is 9.84. The van der Waals surface area contributed by atoms with E-state index in [0.29, 0.717) is 0 Å². The first-order valence-electron chi connectivity index (χ1n) is 6.53. The average molecular weight is 248 g/mol. The van der Waals surface area contributed by atoms with Gasteiger partial charge in [-0.2, -0.15) is 0 Å². The van der Waals surface area contributed by atoms with Gasteiger partial charge in [0.1, 0.15) is 0 Å². The number of hydrogen-bond donors (Lipinski definition) is 1. The Morgan fingerprint density at radius 1 is 1.39 bits per heavy atom. The van der Waals surface area contributed by atoms with Crippen LogP contribution in [0.3, 0.4) is 0 Å². The highest BCUT2D eigenvalue weighted by Crippen LogP contribution is 2.26. The number of rotatable bonds is 2. The molecule has 1 aliphatic rings. The van der Waals surface area contributed by atoms with Crippen molar-refractivity contribution in [2.45, 2.75) is 19.5 Å². The molecule has 4 nitrogen and oxygen atoms in total. The van der Waals surface area contributed by atoms with Gasteiger partial charge in [-0.05, 0) is 38.1 Å². The molecule has 18 heavy (non-hydrogen) atoms. The van der Waals surface area contributed by atoms with Crippen LogP contribution in [-0.2, 0) is 6.42 Å². The van der Waals surface area contributed by atoms with Gasteiger partial charge in [0, 0.05) is 31.5 Å². The Balaban J connectivity index is 2.13. The molecule has 2 rings (SSSR count). The van der Waals surface area contributed by atoms with Crippen LogP contribution in [0.2, 0.25) is 0 Å². The second-order valence-corrected chi connectivity index (χ2v) is 5.99. The lowest BCUT2D eigenvalue weighted by Crippen LogP contribution is -2.45. The largest absolute Gasteiger partial charge is 0.315 e. The van der Waals surface area contributed by atoms with Crippen LogP contribution >= 0.6 is 0 Å². The normalized spacial score (nSPS) is 31.2. The number of hydrogen-bond acceptors (Lipinski definition) is 4. The van der Waals surface area contributed by atoms with Gasteiger partial charge in [-0.25, -0.2) is 0 Å². The average Bonchev–Trinajstić information content (AvgIpc) is 2.37. The van der Waals surface area contributed by atoms with Crippen LogP contribution in [0.25, 0.3) is 0 Å². The van der Waals surface area contributed by atoms with Crippen molar-refractivity contribution >= 4 is 0 Å². The third kappa shape index (κ3) is 3.28. The Morgan fingerprint density at radius 2 is 2.17 bits per heavy atom. The zero-order chi connectivity index (χ0) is 13.2. The maximum Gasteiger partial charge on any atom is 0.0700 e. The molecule has 0 saturated carbocycles. The number of pyridine rings is 1. The van der Waals surface area contributed by atoms with Gasteiger partial charge in [0.05, 0.1) is 6.17 Å². The van der Waals surface area contributed by atoms with Crippen molar-refractivity contribution in [3.63, 3.8) is 0 Å². The van der Waals surface area contributed by atoms with Crippen molar-refractivity contribution in [3.8, 4) is 0 Å². The summed E-state index contributed by atoms with van der Waals surface area (Å²) in [6.07, 6.45) is 2.99. The van der Waals surface area contributed by atoms with E-state index in [2.05, 4.69) is 47.9 Å². The van der Waals surface area contributed by atoms with Crippen molar-refractivity contribution < 1.29 is 0 Å². The van der Waals surface area contributed by atoms with Crippen molar-refractivity contribution in [3.05, 3.63) is 30.1 Å². The predicted molar refractivity (Wildman–Crippen MR) is 74.2 cm³/mol. The molecule has 1 saturated heterocycles. The second kappa shape index (κ2) is 5.34. The van der Waals surface area contributed by atoms with E-state index in [-0.39, 0.29) is 11.6 Å². The quantitative estimate of drug-likeness (QED) is 0.840. The summed E-state index contributed by atoms with van der Waals surface area (Å²) in [4.78, 5) is 9.04. The molecule has 2 atom stereocenters. The zero-order valence-corrected chi connectivity index (χ0v) is 11.6. The van der Waals surface area contributed by atoms with Gasteiger partial charge in [0.2, 0.25) is 0 Å². The molecule has 0 spiro atoms. The first-order valence-corrected chi connectivity index (χ1v) is 6.53. The van der Waals surface area contributed by atoms with E-state index >= 15 is 0 Å². The summed E-state index contributed by atoms with van der Waals surface area (Å²) >= 11 is 0. The van der Waals surface area contributed by atoms with E-state index < -0.39 is 0 Å². The predicted octanol–water partition coefficient (Wildman–Crippen LogP) is 0.792. The van der Waals surface area contributed by atoms with Crippen LogP contribution in [0, 0.1) is 5.41 Å². The van der Waals surface area contributed by atoms with Crippen LogP contribution in [0.4, 0.5) is 0 Å². The Kier molecular flexibility index (Phi) is 4.00. The molecule has 1 fully saturated rings. The monoisotopic (exact) mass is 248 g/mol. The fourth-order valence-corrected chi connectivity index (χ4v) is 3.00. The lowest BCUT2D eigenvalue weighted by molar-refractivity contribution is 0.176. The van der Waals surface area contributed by atoms with Crippen molar-refractivity contribution in [1.29, 1.82) is 0 Å². The Hall–Kier alpha value is -0.970. The fourth-order valence-electron chi connectivity index (χ4n) is 3.00. The minimum absolute atomic E-state index is 0.126. The molecule has 1 aliphatic heterocycles. The molecule has 1 aromatic heterocycles. The van der Waals surface area contributed by atoms with Crippen LogP contribution in [-0.4, -0.2) is 54.7 Å². The first kappa shape index (κ1) is 13.5. The summed E-state index contributed by atoms with van der Waals surface area (Å²) in [5.41, 5.74) is 7.52. The first-order chi connectivity index (χ1) is 8.48. The molecule has 0 aliphatic carbocycles. The Morgan fingerprint density at radius 3 is 2.83 bits per heavy atom. The standard InChI is InChI=1S/C14H24N4/c1-14(8-12-6-4-5-7-16-12)10-17(2)9-13(15)18(3)11-14/h4-7,13H,8-11,15H2,1-3H3. The minimum atomic E-state index is 0.126. The van der Waals surface area contributed by atoms with Gasteiger partial charge in [0.25, 0.3) is 0 Å². The fraction of sp³-hybridized carbons (Fsp3) is 0.643. The topological polar surface area (TPSA) is 45.4 Å². The number of likely N-dealkylation sites (N-methyl/N-ethyl adjacent to an activating group) is 2. The smallest absolute Gasteiger partial charge is 0.0700 e. The third-order valence-electron chi connectivity index (χ3n) is 3.68. The number of aromatic nitrogens is 1. The van der Waals surface area contributed by atoms with Crippen LogP contribution in [0.1, 0.15) is 12.6 Å². The Labute approximate surface area is 110 Å².